The summed E-state index contributed by atoms with van der Waals surface area (Å²) in [5.41, 5.74) is 6.14. The van der Waals surface area contributed by atoms with Crippen molar-refractivity contribution < 1.29 is 28.9 Å². The fourth-order valence-electron chi connectivity index (χ4n) is 7.10. The normalized spacial score (nSPS) is 17.8. The van der Waals surface area contributed by atoms with Gasteiger partial charge in [0, 0.05) is 70.6 Å². The SMILES string of the molecule is CONC(=O)CO/N=C(\CN(C)C(=O)c1cc(C)cc(C)c1)C(CCN1CCC(N2CCCC(CC(=O)N(C)C)C2=O)CC1)c1ccc(Cl)c(Cl)c1. The van der Waals surface area contributed by atoms with Crippen LogP contribution in [0.4, 0.5) is 0 Å². The number of rotatable bonds is 15. The molecule has 52 heavy (non-hydrogen) atoms. The van der Waals surface area contributed by atoms with Gasteiger partial charge in [-0.25, -0.2) is 5.48 Å². The maximum Gasteiger partial charge on any atom is 0.284 e. The Bertz CT molecular complexity index is 1590. The van der Waals surface area contributed by atoms with Crippen molar-refractivity contribution in [3.8, 4) is 0 Å². The second-order valence-electron chi connectivity index (χ2n) is 14.1. The summed E-state index contributed by atoms with van der Waals surface area (Å²) >= 11 is 12.8. The van der Waals surface area contributed by atoms with Gasteiger partial charge in [0.25, 0.3) is 11.8 Å². The van der Waals surface area contributed by atoms with Crippen LogP contribution in [0.1, 0.15) is 71.5 Å². The summed E-state index contributed by atoms with van der Waals surface area (Å²) in [6.45, 7) is 6.68. The van der Waals surface area contributed by atoms with Gasteiger partial charge in [-0.2, -0.15) is 0 Å². The van der Waals surface area contributed by atoms with Crippen molar-refractivity contribution >= 4 is 52.5 Å². The molecule has 2 heterocycles. The van der Waals surface area contributed by atoms with E-state index in [0.717, 1.165) is 62.0 Å². The monoisotopic (exact) mass is 758 g/mol. The molecule has 1 N–H and O–H groups in total. The van der Waals surface area contributed by atoms with Crippen LogP contribution in [0.15, 0.2) is 41.6 Å². The number of carbonyl (C=O) groups excluding carboxylic acids is 4. The summed E-state index contributed by atoms with van der Waals surface area (Å²) in [6.07, 6.45) is 4.19. The van der Waals surface area contributed by atoms with Gasteiger partial charge in [0.1, 0.15) is 0 Å². The van der Waals surface area contributed by atoms with Crippen LogP contribution < -0.4 is 5.48 Å². The molecule has 2 aromatic rings. The first-order valence-electron chi connectivity index (χ1n) is 17.8. The predicted octanol–water partition coefficient (Wildman–Crippen LogP) is 5.09. The minimum Gasteiger partial charge on any atom is -0.386 e. The molecule has 4 amide bonds. The highest BCUT2D eigenvalue weighted by molar-refractivity contribution is 6.42. The third kappa shape index (κ3) is 11.4. The van der Waals surface area contributed by atoms with E-state index in [2.05, 4.69) is 15.5 Å². The third-order valence-corrected chi connectivity index (χ3v) is 10.5. The smallest absolute Gasteiger partial charge is 0.284 e. The highest BCUT2D eigenvalue weighted by Crippen LogP contribution is 2.32. The first kappa shape index (κ1) is 41.1. The van der Waals surface area contributed by atoms with Gasteiger partial charge in [-0.15, -0.1) is 0 Å². The highest BCUT2D eigenvalue weighted by atomic mass is 35.5. The molecule has 0 radical (unpaired) electrons. The molecule has 0 spiro atoms. The summed E-state index contributed by atoms with van der Waals surface area (Å²) in [6, 6.07) is 11.3. The molecule has 0 aromatic heterocycles. The first-order chi connectivity index (χ1) is 24.8. The number of hydroxylamine groups is 1. The number of amides is 4. The standard InChI is InChI=1S/C38H52Cl2N6O6/c1-25-18-26(2)20-29(19-25)37(49)44(5)23-34(41-52-24-35(47)42-51-6)31(27-9-10-32(39)33(40)21-27)13-17-45-15-11-30(12-16-45)46-14-7-8-28(38(46)50)22-36(48)43(3)4/h9-10,18-21,28,30-31H,7-8,11-17,22-24H2,1-6H3,(H,42,47)/b41-34+. The zero-order valence-electron chi connectivity index (χ0n) is 31.1. The van der Waals surface area contributed by atoms with Crippen molar-refractivity contribution in [2.75, 3.05) is 67.6 Å². The van der Waals surface area contributed by atoms with E-state index in [1.165, 1.54) is 7.11 Å². The van der Waals surface area contributed by atoms with Gasteiger partial charge in [0.2, 0.25) is 11.8 Å². The topological polar surface area (TPSA) is 124 Å². The van der Waals surface area contributed by atoms with Crippen LogP contribution in [0.25, 0.3) is 0 Å². The van der Waals surface area contributed by atoms with Gasteiger partial charge >= 0.3 is 0 Å². The molecule has 14 heteroatoms. The van der Waals surface area contributed by atoms with Crippen LogP contribution in [0, 0.1) is 19.8 Å². The molecule has 12 nitrogen and oxygen atoms in total. The maximum atomic E-state index is 13.7. The molecule has 284 valence electrons. The molecule has 2 unspecified atom stereocenters. The Labute approximate surface area is 317 Å². The molecular weight excluding hydrogens is 707 g/mol. The second kappa shape index (κ2) is 19.4. The van der Waals surface area contributed by atoms with Gasteiger partial charge in [0.05, 0.1) is 29.4 Å². The first-order valence-corrected chi connectivity index (χ1v) is 18.5. The van der Waals surface area contributed by atoms with E-state index in [4.69, 9.17) is 32.9 Å². The van der Waals surface area contributed by atoms with Crippen molar-refractivity contribution in [3.63, 3.8) is 0 Å². The lowest BCUT2D eigenvalue weighted by Crippen LogP contribution is -2.52. The summed E-state index contributed by atoms with van der Waals surface area (Å²) in [5, 5.41) is 5.26. The van der Waals surface area contributed by atoms with Crippen molar-refractivity contribution in [1.29, 1.82) is 0 Å². The molecule has 2 saturated heterocycles. The maximum absolute atomic E-state index is 13.7. The predicted molar refractivity (Wildman–Crippen MR) is 202 cm³/mol. The largest absolute Gasteiger partial charge is 0.386 e. The van der Waals surface area contributed by atoms with E-state index in [0.29, 0.717) is 34.3 Å². The molecule has 0 aliphatic carbocycles. The number of piperidine rings is 2. The molecule has 4 rings (SSSR count). The molecule has 2 aromatic carbocycles. The number of halogens is 2. The number of aryl methyl sites for hydroxylation is 2. The fourth-order valence-corrected chi connectivity index (χ4v) is 7.40. The van der Waals surface area contributed by atoms with E-state index in [1.807, 2.05) is 43.0 Å². The van der Waals surface area contributed by atoms with Crippen LogP contribution in [-0.4, -0.2) is 123 Å². The van der Waals surface area contributed by atoms with Crippen molar-refractivity contribution in [1.82, 2.24) is 25.1 Å². The Morgan fingerprint density at radius 1 is 0.981 bits per heavy atom. The summed E-state index contributed by atoms with van der Waals surface area (Å²) in [7, 11) is 6.50. The number of hydrogen-bond acceptors (Lipinski definition) is 8. The number of oxime groups is 1. The summed E-state index contributed by atoms with van der Waals surface area (Å²) in [4.78, 5) is 69.4. The van der Waals surface area contributed by atoms with Crippen LogP contribution in [0.3, 0.4) is 0 Å². The number of nitrogens with one attached hydrogen (secondary N) is 1. The lowest BCUT2D eigenvalue weighted by atomic mass is 9.89. The molecule has 2 fully saturated rings. The Balaban J connectivity index is 1.51. The Hall–Kier alpha value is -3.71. The van der Waals surface area contributed by atoms with Crippen molar-refractivity contribution in [2.24, 2.45) is 11.1 Å². The fraction of sp³-hybridized carbons (Fsp3) is 0.553. The zero-order chi connectivity index (χ0) is 37.9. The van der Waals surface area contributed by atoms with Crippen molar-refractivity contribution in [3.05, 3.63) is 68.7 Å². The minimum absolute atomic E-state index is 0.0149. The molecule has 2 aliphatic heterocycles. The van der Waals surface area contributed by atoms with E-state index in [9.17, 15) is 19.2 Å². The molecule has 0 bridgehead atoms. The molecular formula is C38H52Cl2N6O6. The lowest BCUT2D eigenvalue weighted by molar-refractivity contribution is -0.146. The number of benzene rings is 2. The highest BCUT2D eigenvalue weighted by Gasteiger charge is 2.36. The molecule has 2 atom stereocenters. The summed E-state index contributed by atoms with van der Waals surface area (Å²) < 4.78 is 0. The summed E-state index contributed by atoms with van der Waals surface area (Å²) in [5.74, 6) is -1.20. The van der Waals surface area contributed by atoms with Crippen LogP contribution in [-0.2, 0) is 24.1 Å². The Morgan fingerprint density at radius 2 is 1.67 bits per heavy atom. The third-order valence-electron chi connectivity index (χ3n) is 9.79. The number of hydrogen-bond donors (Lipinski definition) is 1. The Kier molecular flexibility index (Phi) is 15.3. The van der Waals surface area contributed by atoms with E-state index < -0.39 is 5.91 Å². The van der Waals surface area contributed by atoms with E-state index in [1.54, 1.807) is 43.1 Å². The van der Waals surface area contributed by atoms with E-state index >= 15 is 0 Å². The average Bonchev–Trinajstić information content (AvgIpc) is 3.10. The van der Waals surface area contributed by atoms with E-state index in [-0.39, 0.29) is 55.2 Å². The van der Waals surface area contributed by atoms with Gasteiger partial charge in [-0.1, -0.05) is 51.6 Å². The number of carbonyl (C=O) groups is 4. The van der Waals surface area contributed by atoms with Crippen LogP contribution in [0.2, 0.25) is 10.0 Å². The number of likely N-dealkylation sites (tertiary alicyclic amines) is 2. The minimum atomic E-state index is -0.512. The van der Waals surface area contributed by atoms with Gasteiger partial charge in [0.15, 0.2) is 6.61 Å². The van der Waals surface area contributed by atoms with Gasteiger partial charge in [-0.05, 0) is 82.3 Å². The quantitative estimate of drug-likeness (QED) is 0.198. The van der Waals surface area contributed by atoms with Crippen LogP contribution >= 0.6 is 23.2 Å². The Morgan fingerprint density at radius 3 is 2.31 bits per heavy atom. The second-order valence-corrected chi connectivity index (χ2v) is 14.9. The van der Waals surface area contributed by atoms with Gasteiger partial charge < -0.3 is 24.4 Å². The molecule has 0 saturated carbocycles. The van der Waals surface area contributed by atoms with Crippen LogP contribution in [0.5, 0.6) is 0 Å². The van der Waals surface area contributed by atoms with Crippen molar-refractivity contribution in [2.45, 2.75) is 64.3 Å². The lowest BCUT2D eigenvalue weighted by Gasteiger charge is -2.42. The van der Waals surface area contributed by atoms with Gasteiger partial charge in [-0.3, -0.25) is 24.0 Å². The average molecular weight is 760 g/mol. The zero-order valence-corrected chi connectivity index (χ0v) is 32.6. The molecule has 2 aliphatic rings. The number of nitrogens with zero attached hydrogens (tertiary/aromatic N) is 5.